The minimum Gasteiger partial charge on any atom is -0.465 e. The molecule has 2 amide bonds. The molecule has 2 atom stereocenters. The maximum Gasteiger partial charge on any atom is 0.404 e. The maximum absolute atomic E-state index is 11.8. The fraction of sp³-hybridized carbons (Fsp3) is 0.545. The first-order valence-electron chi connectivity index (χ1n) is 6.02. The number of nitrogens with zero attached hydrogens (tertiary/aromatic N) is 1. The molecule has 0 saturated carbocycles. The van der Waals surface area contributed by atoms with Gasteiger partial charge in [0.1, 0.15) is 5.82 Å². The Bertz CT molecular complexity index is 407. The van der Waals surface area contributed by atoms with Crippen molar-refractivity contribution >= 4 is 17.8 Å². The number of nitrogens with one attached hydrogen (secondary N) is 3. The predicted molar refractivity (Wildman–Crippen MR) is 67.7 cm³/mol. The number of hydrogen-bond acceptors (Lipinski definition) is 4. The normalized spacial score (nSPS) is 13.6. The highest BCUT2D eigenvalue weighted by molar-refractivity contribution is 5.93. The van der Waals surface area contributed by atoms with Crippen molar-refractivity contribution in [3.8, 4) is 0 Å². The third kappa shape index (κ3) is 4.96. The second-order valence-electron chi connectivity index (χ2n) is 4.10. The minimum atomic E-state index is -1.45. The Kier molecular flexibility index (Phi) is 5.80. The average Bonchev–Trinajstić information content (AvgIpc) is 2.85. The summed E-state index contributed by atoms with van der Waals surface area (Å²) in [7, 11) is 0. The predicted octanol–water partition coefficient (Wildman–Crippen LogP) is 0.535. The molecule has 0 aliphatic heterocycles. The first-order chi connectivity index (χ1) is 9.04. The minimum absolute atomic E-state index is 0.341. The van der Waals surface area contributed by atoms with Crippen LogP contribution in [0.15, 0.2) is 12.3 Å². The van der Waals surface area contributed by atoms with E-state index in [1.807, 2.05) is 6.92 Å². The second kappa shape index (κ2) is 7.37. The summed E-state index contributed by atoms with van der Waals surface area (Å²) in [5.41, 5.74) is 0. The summed E-state index contributed by atoms with van der Waals surface area (Å²) in [5, 5.41) is 29.3. The van der Waals surface area contributed by atoms with E-state index in [0.717, 1.165) is 6.42 Å². The number of carbonyl (C=O) groups excluding carboxylic acids is 1. The molecule has 8 heteroatoms. The van der Waals surface area contributed by atoms with E-state index >= 15 is 0 Å². The molecule has 5 N–H and O–H groups in total. The van der Waals surface area contributed by atoms with Crippen molar-refractivity contribution in [1.29, 1.82) is 0 Å². The molecule has 1 aromatic rings. The summed E-state index contributed by atoms with van der Waals surface area (Å²) in [6, 6.07) is 0.691. The Morgan fingerprint density at radius 1 is 1.53 bits per heavy atom. The number of carbonyl (C=O) groups is 2. The topological polar surface area (TPSA) is 127 Å². The lowest BCUT2D eigenvalue weighted by Gasteiger charge is -2.21. The molecule has 19 heavy (non-hydrogen) atoms. The molecule has 1 aromatic heterocycles. The van der Waals surface area contributed by atoms with Crippen molar-refractivity contribution in [2.24, 2.45) is 0 Å². The van der Waals surface area contributed by atoms with Crippen LogP contribution < -0.4 is 10.6 Å². The van der Waals surface area contributed by atoms with Gasteiger partial charge < -0.3 is 20.8 Å². The summed E-state index contributed by atoms with van der Waals surface area (Å²) in [6.07, 6.45) is 0.666. The van der Waals surface area contributed by atoms with Crippen LogP contribution in [0.1, 0.15) is 26.2 Å². The third-order valence-corrected chi connectivity index (χ3v) is 2.59. The number of aromatic nitrogens is 2. The van der Waals surface area contributed by atoms with E-state index in [1.165, 1.54) is 12.3 Å². The van der Waals surface area contributed by atoms with E-state index < -0.39 is 24.1 Å². The number of anilines is 1. The number of carboxylic acid groups (broad SMARTS) is 1. The number of rotatable bonds is 7. The SMILES string of the molecule is CCCC[C@H](NC(=O)O)[C@H](O)C(=O)Nc1ccn[nH]1. The lowest BCUT2D eigenvalue weighted by atomic mass is 10.0. The number of H-pyrrole nitrogens is 1. The molecule has 0 aliphatic carbocycles. The van der Waals surface area contributed by atoms with E-state index in [2.05, 4.69) is 20.8 Å². The molecular formula is C11H18N4O4. The Labute approximate surface area is 110 Å². The molecule has 1 heterocycles. The van der Waals surface area contributed by atoms with Gasteiger partial charge in [-0.3, -0.25) is 9.89 Å². The molecule has 0 radical (unpaired) electrons. The maximum atomic E-state index is 11.8. The zero-order valence-corrected chi connectivity index (χ0v) is 10.6. The van der Waals surface area contributed by atoms with Crippen LogP contribution >= 0.6 is 0 Å². The van der Waals surface area contributed by atoms with Crippen LogP contribution in [0.4, 0.5) is 10.6 Å². The number of unbranched alkanes of at least 4 members (excludes halogenated alkanes) is 1. The Morgan fingerprint density at radius 3 is 2.79 bits per heavy atom. The van der Waals surface area contributed by atoms with Gasteiger partial charge in [-0.25, -0.2) is 4.79 Å². The molecule has 8 nitrogen and oxygen atoms in total. The van der Waals surface area contributed by atoms with Crippen molar-refractivity contribution in [2.45, 2.75) is 38.3 Å². The molecule has 0 unspecified atom stereocenters. The average molecular weight is 270 g/mol. The van der Waals surface area contributed by atoms with Gasteiger partial charge in [-0.1, -0.05) is 19.8 Å². The molecule has 0 spiro atoms. The van der Waals surface area contributed by atoms with Crippen LogP contribution in [-0.4, -0.2) is 44.6 Å². The van der Waals surface area contributed by atoms with Gasteiger partial charge >= 0.3 is 6.09 Å². The Hall–Kier alpha value is -2.09. The van der Waals surface area contributed by atoms with Crippen LogP contribution in [-0.2, 0) is 4.79 Å². The molecule has 0 aliphatic rings. The number of amides is 2. The Morgan fingerprint density at radius 2 is 2.26 bits per heavy atom. The van der Waals surface area contributed by atoms with Crippen molar-refractivity contribution in [2.75, 3.05) is 5.32 Å². The van der Waals surface area contributed by atoms with Gasteiger partial charge in [0.25, 0.3) is 5.91 Å². The van der Waals surface area contributed by atoms with Gasteiger partial charge in [-0.15, -0.1) is 0 Å². The third-order valence-electron chi connectivity index (χ3n) is 2.59. The summed E-state index contributed by atoms with van der Waals surface area (Å²) in [5.74, 6) is -0.340. The van der Waals surface area contributed by atoms with E-state index in [-0.39, 0.29) is 0 Å². The monoisotopic (exact) mass is 270 g/mol. The van der Waals surface area contributed by atoms with Crippen LogP contribution in [0.2, 0.25) is 0 Å². The van der Waals surface area contributed by atoms with Crippen molar-refractivity contribution in [1.82, 2.24) is 15.5 Å². The van der Waals surface area contributed by atoms with Crippen LogP contribution in [0, 0.1) is 0 Å². The van der Waals surface area contributed by atoms with Crippen molar-refractivity contribution in [3.05, 3.63) is 12.3 Å². The van der Waals surface area contributed by atoms with Gasteiger partial charge in [-0.2, -0.15) is 5.10 Å². The van der Waals surface area contributed by atoms with Crippen molar-refractivity contribution < 1.29 is 19.8 Å². The summed E-state index contributed by atoms with van der Waals surface area (Å²) in [4.78, 5) is 22.4. The van der Waals surface area contributed by atoms with E-state index in [1.54, 1.807) is 0 Å². The van der Waals surface area contributed by atoms with Gasteiger partial charge in [0.05, 0.1) is 12.2 Å². The number of hydrogen-bond donors (Lipinski definition) is 5. The lowest BCUT2D eigenvalue weighted by Crippen LogP contribution is -2.48. The van der Waals surface area contributed by atoms with Gasteiger partial charge in [0.2, 0.25) is 0 Å². The Balaban J connectivity index is 2.60. The fourth-order valence-corrected chi connectivity index (χ4v) is 1.61. The van der Waals surface area contributed by atoms with E-state index in [4.69, 9.17) is 5.11 Å². The highest BCUT2D eigenvalue weighted by atomic mass is 16.4. The standard InChI is InChI=1S/C11H18N4O4/c1-2-3-4-7(13-11(18)19)9(16)10(17)14-8-5-6-12-15-8/h5-7,9,13,16H,2-4H2,1H3,(H,18,19)(H2,12,14,15,17)/t7-,9-/m0/s1. The molecular weight excluding hydrogens is 252 g/mol. The van der Waals surface area contributed by atoms with E-state index in [0.29, 0.717) is 18.7 Å². The highest BCUT2D eigenvalue weighted by Crippen LogP contribution is 2.08. The lowest BCUT2D eigenvalue weighted by molar-refractivity contribution is -0.125. The zero-order valence-electron chi connectivity index (χ0n) is 10.6. The molecule has 0 aromatic carbocycles. The zero-order chi connectivity index (χ0) is 14.3. The molecule has 0 bridgehead atoms. The van der Waals surface area contributed by atoms with Gasteiger partial charge in [-0.05, 0) is 6.42 Å². The summed E-state index contributed by atoms with van der Waals surface area (Å²) >= 11 is 0. The quantitative estimate of drug-likeness (QED) is 0.494. The van der Waals surface area contributed by atoms with Crippen LogP contribution in [0.3, 0.4) is 0 Å². The first kappa shape index (κ1) is 15.0. The number of aliphatic hydroxyl groups is 1. The molecule has 0 fully saturated rings. The number of aliphatic hydroxyl groups excluding tert-OH is 1. The fourth-order valence-electron chi connectivity index (χ4n) is 1.61. The highest BCUT2D eigenvalue weighted by Gasteiger charge is 2.27. The largest absolute Gasteiger partial charge is 0.465 e. The summed E-state index contributed by atoms with van der Waals surface area (Å²) in [6.45, 7) is 1.94. The van der Waals surface area contributed by atoms with Gasteiger partial charge in [0, 0.05) is 6.07 Å². The summed E-state index contributed by atoms with van der Waals surface area (Å²) < 4.78 is 0. The van der Waals surface area contributed by atoms with Gasteiger partial charge in [0.15, 0.2) is 6.10 Å². The number of aromatic amines is 1. The smallest absolute Gasteiger partial charge is 0.404 e. The second-order valence-corrected chi connectivity index (χ2v) is 4.10. The van der Waals surface area contributed by atoms with Crippen molar-refractivity contribution in [3.63, 3.8) is 0 Å². The molecule has 0 saturated heterocycles. The molecule has 106 valence electrons. The molecule has 1 rings (SSSR count). The van der Waals surface area contributed by atoms with Crippen LogP contribution in [0.5, 0.6) is 0 Å². The first-order valence-corrected chi connectivity index (χ1v) is 6.02. The van der Waals surface area contributed by atoms with E-state index in [9.17, 15) is 14.7 Å². The van der Waals surface area contributed by atoms with Crippen LogP contribution in [0.25, 0.3) is 0 Å².